The number of rotatable bonds is 10. The fourth-order valence-electron chi connectivity index (χ4n) is 3.76. The average Bonchev–Trinajstić information content (AvgIpc) is 2.82. The highest BCUT2D eigenvalue weighted by Crippen LogP contribution is 2.50. The second-order valence-electron chi connectivity index (χ2n) is 10.3. The third-order valence-corrected chi connectivity index (χ3v) is 13.0. The molecule has 0 saturated carbocycles. The molecule has 180 valence electrons. The lowest BCUT2D eigenvalue weighted by molar-refractivity contribution is 0.270. The topological polar surface area (TPSA) is 12.5 Å². The van der Waals surface area contributed by atoms with E-state index in [4.69, 9.17) is 4.43 Å². The van der Waals surface area contributed by atoms with Gasteiger partial charge in [-0.25, -0.2) is 0 Å². The Morgan fingerprint density at radius 2 is 1.18 bits per heavy atom. The van der Waals surface area contributed by atoms with Gasteiger partial charge in [-0.1, -0.05) is 118 Å². The molecule has 0 amide bonds. The number of hydrogen-bond acceptors (Lipinski definition) is 3. The normalized spacial score (nSPS) is 12.4. The van der Waals surface area contributed by atoms with Crippen LogP contribution in [0.1, 0.15) is 44.4 Å². The first kappa shape index (κ1) is 26.3. The van der Waals surface area contributed by atoms with Crippen molar-refractivity contribution in [3.8, 4) is 0 Å². The smallest absolute Gasteiger partial charge is 0.192 e. The van der Waals surface area contributed by atoms with Gasteiger partial charge in [0, 0.05) is 5.70 Å². The third-order valence-electron chi connectivity index (χ3n) is 6.78. The van der Waals surface area contributed by atoms with Gasteiger partial charge >= 0.3 is 0 Å². The van der Waals surface area contributed by atoms with Crippen molar-refractivity contribution in [2.24, 2.45) is 0 Å². The van der Waals surface area contributed by atoms with E-state index in [1.165, 1.54) is 16.7 Å². The minimum Gasteiger partial charge on any atom is -0.415 e. The fraction of sp³-hybridized carbons (Fsp3) is 0.333. The van der Waals surface area contributed by atoms with E-state index in [0.717, 1.165) is 12.2 Å². The first-order valence-electron chi connectivity index (χ1n) is 12.0. The summed E-state index contributed by atoms with van der Waals surface area (Å²) in [5.41, 5.74) is 4.76. The summed E-state index contributed by atoms with van der Waals surface area (Å²) in [7, 11) is -1.82. The fourth-order valence-corrected chi connectivity index (χ4v) is 6.17. The van der Waals surface area contributed by atoms with Crippen molar-refractivity contribution >= 4 is 20.3 Å². The van der Waals surface area contributed by atoms with Gasteiger partial charge in [-0.05, 0) is 53.7 Å². The maximum absolute atomic E-state index is 6.55. The molecule has 3 aromatic rings. The zero-order chi connectivity index (χ0) is 24.8. The van der Waals surface area contributed by atoms with E-state index in [-0.39, 0.29) is 5.04 Å². The molecule has 34 heavy (non-hydrogen) atoms. The van der Waals surface area contributed by atoms with Crippen molar-refractivity contribution < 1.29 is 4.43 Å². The van der Waals surface area contributed by atoms with Gasteiger partial charge < -0.3 is 8.73 Å². The number of allylic oxidation sites excluding steroid dienone is 1. The average molecular weight is 490 g/mol. The highest BCUT2D eigenvalue weighted by molar-refractivity contribution is 7.98. The van der Waals surface area contributed by atoms with E-state index in [9.17, 15) is 0 Å². The predicted molar refractivity (Wildman–Crippen MR) is 151 cm³/mol. The molecular formula is C30H39NOSSi. The molecule has 3 aromatic carbocycles. The zero-order valence-electron chi connectivity index (χ0n) is 21.5. The van der Waals surface area contributed by atoms with Gasteiger partial charge in [-0.15, -0.1) is 0 Å². The predicted octanol–water partition coefficient (Wildman–Crippen LogP) is 8.48. The molecule has 0 aliphatic carbocycles. The molecule has 0 aliphatic heterocycles. The SMILES string of the molecule is C=C(C)N(CCO[Si](C)(C)C(C)(C)C)SC(c1ccccc1)(c1ccccc1)c1ccccc1. The monoisotopic (exact) mass is 489 g/mol. The maximum Gasteiger partial charge on any atom is 0.192 e. The first-order valence-corrected chi connectivity index (χ1v) is 15.7. The second kappa shape index (κ2) is 11.0. The lowest BCUT2D eigenvalue weighted by Gasteiger charge is -2.41. The van der Waals surface area contributed by atoms with Gasteiger partial charge in [-0.2, -0.15) is 0 Å². The zero-order valence-corrected chi connectivity index (χ0v) is 23.4. The van der Waals surface area contributed by atoms with Crippen LogP contribution in [0, 0.1) is 0 Å². The Hall–Kier alpha value is -2.27. The van der Waals surface area contributed by atoms with E-state index >= 15 is 0 Å². The Kier molecular flexibility index (Phi) is 8.50. The van der Waals surface area contributed by atoms with E-state index in [1.807, 2.05) is 11.9 Å². The van der Waals surface area contributed by atoms with Crippen LogP contribution in [0.25, 0.3) is 0 Å². The third kappa shape index (κ3) is 5.86. The van der Waals surface area contributed by atoms with Crippen LogP contribution >= 0.6 is 11.9 Å². The molecule has 0 bridgehead atoms. The van der Waals surface area contributed by atoms with Crippen LogP contribution in [-0.4, -0.2) is 25.8 Å². The molecule has 4 heteroatoms. The maximum atomic E-state index is 6.55. The van der Waals surface area contributed by atoms with E-state index < -0.39 is 13.1 Å². The largest absolute Gasteiger partial charge is 0.415 e. The molecule has 0 aliphatic rings. The van der Waals surface area contributed by atoms with Crippen LogP contribution in [0.5, 0.6) is 0 Å². The van der Waals surface area contributed by atoms with E-state index in [0.29, 0.717) is 6.61 Å². The van der Waals surface area contributed by atoms with Crippen molar-refractivity contribution in [2.75, 3.05) is 13.2 Å². The Morgan fingerprint density at radius 1 is 0.794 bits per heavy atom. The van der Waals surface area contributed by atoms with Gasteiger partial charge in [0.15, 0.2) is 8.32 Å². The van der Waals surface area contributed by atoms with Crippen LogP contribution in [0.4, 0.5) is 0 Å². The number of nitrogens with zero attached hydrogens (tertiary/aromatic N) is 1. The summed E-state index contributed by atoms with van der Waals surface area (Å²) in [6.07, 6.45) is 0. The standard InChI is InChI=1S/C30H39NOSSi/c1-25(2)31(23-24-32-34(6,7)29(3,4)5)33-30(26-17-11-8-12-18-26,27-19-13-9-14-20-27)28-21-15-10-16-22-28/h8-22H,1,23-24H2,2-7H3. The molecule has 0 unspecified atom stereocenters. The Bertz CT molecular complexity index is 949. The van der Waals surface area contributed by atoms with Gasteiger partial charge in [0.05, 0.1) is 13.2 Å². The Labute approximate surface area is 212 Å². The van der Waals surface area contributed by atoms with Gasteiger partial charge in [0.1, 0.15) is 4.75 Å². The highest BCUT2D eigenvalue weighted by Gasteiger charge is 2.40. The molecule has 0 radical (unpaired) electrons. The van der Waals surface area contributed by atoms with Crippen LogP contribution in [0.15, 0.2) is 103 Å². The number of benzene rings is 3. The summed E-state index contributed by atoms with van der Waals surface area (Å²) in [6.45, 7) is 19.4. The summed E-state index contributed by atoms with van der Waals surface area (Å²) in [6, 6.07) is 32.4. The minimum atomic E-state index is -1.82. The summed E-state index contributed by atoms with van der Waals surface area (Å²) in [5, 5.41) is 0.191. The number of hydrogen-bond donors (Lipinski definition) is 0. The van der Waals surface area contributed by atoms with Crippen molar-refractivity contribution in [2.45, 2.75) is 50.6 Å². The minimum absolute atomic E-state index is 0.191. The summed E-state index contributed by atoms with van der Waals surface area (Å²) >= 11 is 1.83. The second-order valence-corrected chi connectivity index (χ2v) is 16.4. The molecule has 0 saturated heterocycles. The molecule has 0 N–H and O–H groups in total. The van der Waals surface area contributed by atoms with Gasteiger partial charge in [0.25, 0.3) is 0 Å². The summed E-state index contributed by atoms with van der Waals surface area (Å²) in [4.78, 5) is 0. The molecule has 3 rings (SSSR count). The van der Waals surface area contributed by atoms with Crippen LogP contribution in [-0.2, 0) is 9.17 Å². The summed E-state index contributed by atoms with van der Waals surface area (Å²) < 4.78 is 8.45. The van der Waals surface area contributed by atoms with Crippen molar-refractivity contribution in [3.05, 3.63) is 120 Å². The van der Waals surface area contributed by atoms with E-state index in [1.54, 1.807) is 0 Å². The summed E-state index contributed by atoms with van der Waals surface area (Å²) in [5.74, 6) is 0. The highest BCUT2D eigenvalue weighted by atomic mass is 32.2. The van der Waals surface area contributed by atoms with Crippen LogP contribution in [0.3, 0.4) is 0 Å². The molecule has 0 heterocycles. The molecule has 2 nitrogen and oxygen atoms in total. The van der Waals surface area contributed by atoms with E-state index in [2.05, 4.69) is 143 Å². The van der Waals surface area contributed by atoms with Crippen LogP contribution < -0.4 is 0 Å². The quantitative estimate of drug-likeness (QED) is 0.161. The van der Waals surface area contributed by atoms with Crippen molar-refractivity contribution in [1.29, 1.82) is 0 Å². The van der Waals surface area contributed by atoms with Gasteiger partial charge in [0.2, 0.25) is 0 Å². The first-order chi connectivity index (χ1) is 16.1. The Balaban J connectivity index is 2.04. The van der Waals surface area contributed by atoms with Crippen molar-refractivity contribution in [1.82, 2.24) is 4.31 Å². The molecule has 0 aromatic heterocycles. The molecule has 0 atom stereocenters. The van der Waals surface area contributed by atoms with Crippen molar-refractivity contribution in [3.63, 3.8) is 0 Å². The van der Waals surface area contributed by atoms with Crippen LogP contribution in [0.2, 0.25) is 18.1 Å². The lowest BCUT2D eigenvalue weighted by atomic mass is 9.84. The Morgan fingerprint density at radius 3 is 1.50 bits per heavy atom. The molecular weight excluding hydrogens is 450 g/mol. The lowest BCUT2D eigenvalue weighted by Crippen LogP contribution is -2.42. The molecule has 0 fully saturated rings. The van der Waals surface area contributed by atoms with Gasteiger partial charge in [-0.3, -0.25) is 0 Å². The molecule has 0 spiro atoms.